The molecule has 0 saturated carbocycles. The molecule has 39 heavy (non-hydrogen) atoms. The van der Waals surface area contributed by atoms with Crippen molar-refractivity contribution in [2.24, 2.45) is 0 Å². The van der Waals surface area contributed by atoms with Gasteiger partial charge in [0.15, 0.2) is 23.2 Å². The second-order valence-corrected chi connectivity index (χ2v) is 9.03. The normalized spacial score (nSPS) is 13.9. The van der Waals surface area contributed by atoms with E-state index in [1.165, 1.54) is 12.1 Å². The number of hydrogen-bond acceptors (Lipinski definition) is 6. The number of pyridine rings is 1. The van der Waals surface area contributed by atoms with Crippen LogP contribution < -0.4 is 10.5 Å². The number of carboxylic acids is 1. The summed E-state index contributed by atoms with van der Waals surface area (Å²) in [4.78, 5) is 15.9. The van der Waals surface area contributed by atoms with Crippen LogP contribution in [0.3, 0.4) is 0 Å². The number of ether oxygens (including phenoxy) is 2. The first-order chi connectivity index (χ1) is 18.7. The predicted octanol–water partition coefficient (Wildman–Crippen LogP) is 6.42. The number of fused-ring (bicyclic) bond motifs is 1. The van der Waals surface area contributed by atoms with Crippen LogP contribution in [0.25, 0.3) is 21.9 Å². The van der Waals surface area contributed by atoms with Gasteiger partial charge >= 0.3 is 5.97 Å². The second kappa shape index (κ2) is 10.3. The molecular weight excluding hydrogens is 518 g/mol. The molecule has 0 aliphatic carbocycles. The zero-order valence-electron chi connectivity index (χ0n) is 20.2. The van der Waals surface area contributed by atoms with Crippen molar-refractivity contribution in [1.29, 1.82) is 5.41 Å². The second-order valence-electron chi connectivity index (χ2n) is 9.03. The Morgan fingerprint density at radius 2 is 1.74 bits per heavy atom. The maximum absolute atomic E-state index is 14.8. The lowest BCUT2D eigenvalue weighted by Gasteiger charge is -2.26. The number of carboxylic acid groups (broad SMARTS) is 1. The van der Waals surface area contributed by atoms with Gasteiger partial charge in [0, 0.05) is 53.6 Å². The van der Waals surface area contributed by atoms with Gasteiger partial charge in [0.2, 0.25) is 5.88 Å². The van der Waals surface area contributed by atoms with Gasteiger partial charge in [-0.25, -0.2) is 27.3 Å². The fraction of sp³-hybridized carbons (Fsp3) is 0.179. The van der Waals surface area contributed by atoms with Gasteiger partial charge in [-0.05, 0) is 54.1 Å². The molecule has 200 valence electrons. The van der Waals surface area contributed by atoms with Crippen molar-refractivity contribution >= 4 is 28.6 Å². The van der Waals surface area contributed by atoms with Gasteiger partial charge in [-0.15, -0.1) is 0 Å². The average molecular weight is 539 g/mol. The summed E-state index contributed by atoms with van der Waals surface area (Å²) >= 11 is 0. The Hall–Kier alpha value is -4.51. The summed E-state index contributed by atoms with van der Waals surface area (Å²) < 4.78 is 68.7. The molecule has 0 amide bonds. The van der Waals surface area contributed by atoms with Crippen molar-refractivity contribution in [3.8, 4) is 22.8 Å². The van der Waals surface area contributed by atoms with Crippen LogP contribution in [-0.4, -0.2) is 35.5 Å². The third-order valence-corrected chi connectivity index (χ3v) is 6.63. The Morgan fingerprint density at radius 1 is 1.00 bits per heavy atom. The van der Waals surface area contributed by atoms with Gasteiger partial charge < -0.3 is 25.7 Å². The molecule has 4 aromatic rings. The number of anilines is 1. The molecule has 4 N–H and O–H groups in total. The van der Waals surface area contributed by atoms with Crippen LogP contribution in [0.4, 0.5) is 23.2 Å². The van der Waals surface area contributed by atoms with Gasteiger partial charge in [-0.2, -0.15) is 0 Å². The zero-order chi connectivity index (χ0) is 27.8. The van der Waals surface area contributed by atoms with E-state index in [0.29, 0.717) is 66.0 Å². The van der Waals surface area contributed by atoms with E-state index >= 15 is 0 Å². The van der Waals surface area contributed by atoms with Gasteiger partial charge in [-0.1, -0.05) is 6.07 Å². The van der Waals surface area contributed by atoms with Crippen LogP contribution >= 0.6 is 0 Å². The zero-order valence-corrected chi connectivity index (χ0v) is 20.2. The summed E-state index contributed by atoms with van der Waals surface area (Å²) in [5.41, 5.74) is 6.92. The first kappa shape index (κ1) is 26.1. The number of hydrogen-bond donors (Lipinski definition) is 3. The Labute approximate surface area is 219 Å². The molecule has 0 unspecified atom stereocenters. The van der Waals surface area contributed by atoms with E-state index < -0.39 is 40.6 Å². The molecule has 0 atom stereocenters. The quantitative estimate of drug-likeness (QED) is 0.148. The molecule has 1 fully saturated rings. The van der Waals surface area contributed by atoms with Gasteiger partial charge in [0.05, 0.1) is 11.3 Å². The smallest absolute Gasteiger partial charge is 0.338 e. The fourth-order valence-electron chi connectivity index (χ4n) is 4.68. The minimum Gasteiger partial charge on any atom is -0.478 e. The Balaban J connectivity index is 1.81. The van der Waals surface area contributed by atoms with Crippen LogP contribution in [-0.2, 0) is 4.74 Å². The Morgan fingerprint density at radius 3 is 2.41 bits per heavy atom. The summed E-state index contributed by atoms with van der Waals surface area (Å²) in [5.74, 6) is -7.09. The van der Waals surface area contributed by atoms with E-state index in [-0.39, 0.29) is 22.9 Å². The lowest BCUT2D eigenvalue weighted by Crippen LogP contribution is -2.16. The third-order valence-electron chi connectivity index (χ3n) is 6.63. The number of nitrogens with one attached hydrogen (secondary N) is 1. The molecule has 0 spiro atoms. The molecule has 1 aliphatic rings. The summed E-state index contributed by atoms with van der Waals surface area (Å²) in [6, 6.07) is 7.55. The van der Waals surface area contributed by atoms with Crippen LogP contribution in [0.1, 0.15) is 40.4 Å². The molecule has 1 aromatic heterocycles. The average Bonchev–Trinajstić information content (AvgIpc) is 2.92. The summed E-state index contributed by atoms with van der Waals surface area (Å²) in [7, 11) is 0. The molecule has 3 aromatic carbocycles. The van der Waals surface area contributed by atoms with E-state index in [1.54, 1.807) is 6.07 Å². The largest absolute Gasteiger partial charge is 0.478 e. The van der Waals surface area contributed by atoms with Crippen LogP contribution in [0, 0.1) is 28.7 Å². The Kier molecular flexibility index (Phi) is 6.92. The first-order valence-electron chi connectivity index (χ1n) is 11.9. The van der Waals surface area contributed by atoms with Gasteiger partial charge in [-0.3, -0.25) is 0 Å². The lowest BCUT2D eigenvalue weighted by molar-refractivity contribution is 0.0691. The third kappa shape index (κ3) is 4.88. The predicted molar refractivity (Wildman–Crippen MR) is 136 cm³/mol. The molecule has 5 rings (SSSR count). The van der Waals surface area contributed by atoms with Crippen molar-refractivity contribution < 1.29 is 36.9 Å². The number of benzene rings is 3. The topological polar surface area (TPSA) is 119 Å². The van der Waals surface area contributed by atoms with Crippen molar-refractivity contribution in [3.63, 3.8) is 0 Å². The minimum atomic E-state index is -1.65. The number of aromatic carboxylic acids is 1. The molecular formula is C28H21F4N3O4. The van der Waals surface area contributed by atoms with Crippen molar-refractivity contribution in [1.82, 2.24) is 4.98 Å². The SMILES string of the molecule is N=Cc1cc2c(-c3ccc(F)c(F)c3)c(C3CCOCC3)nc(Oc3cc(F)c(C(=O)O)cc3F)c2cc1N. The van der Waals surface area contributed by atoms with E-state index in [9.17, 15) is 22.4 Å². The number of halogens is 4. The van der Waals surface area contributed by atoms with E-state index in [0.717, 1.165) is 18.3 Å². The van der Waals surface area contributed by atoms with Crippen LogP contribution in [0.2, 0.25) is 0 Å². The van der Waals surface area contributed by atoms with Gasteiger partial charge in [0.1, 0.15) is 5.82 Å². The summed E-state index contributed by atoms with van der Waals surface area (Å²) in [5, 5.41) is 17.5. The highest BCUT2D eigenvalue weighted by Gasteiger charge is 2.27. The Bertz CT molecular complexity index is 1640. The maximum Gasteiger partial charge on any atom is 0.338 e. The lowest BCUT2D eigenvalue weighted by atomic mass is 9.87. The number of rotatable bonds is 6. The van der Waals surface area contributed by atoms with Gasteiger partial charge in [0.25, 0.3) is 0 Å². The monoisotopic (exact) mass is 539 g/mol. The molecule has 7 nitrogen and oxygen atoms in total. The number of nitrogens with two attached hydrogens (primary N) is 1. The minimum absolute atomic E-state index is 0.159. The highest BCUT2D eigenvalue weighted by atomic mass is 19.2. The number of nitrogens with zero attached hydrogens (tertiary/aromatic N) is 1. The van der Waals surface area contributed by atoms with E-state index in [1.807, 2.05) is 0 Å². The number of carbonyl (C=O) groups is 1. The molecule has 0 radical (unpaired) electrons. The molecule has 1 saturated heterocycles. The molecule has 2 heterocycles. The highest BCUT2D eigenvalue weighted by molar-refractivity contribution is 6.05. The van der Waals surface area contributed by atoms with Crippen LogP contribution in [0.15, 0.2) is 42.5 Å². The highest BCUT2D eigenvalue weighted by Crippen LogP contribution is 2.44. The van der Waals surface area contributed by atoms with Crippen LogP contribution in [0.5, 0.6) is 11.6 Å². The maximum atomic E-state index is 14.8. The van der Waals surface area contributed by atoms with E-state index in [2.05, 4.69) is 4.98 Å². The molecule has 1 aliphatic heterocycles. The first-order valence-corrected chi connectivity index (χ1v) is 11.9. The fourth-order valence-corrected chi connectivity index (χ4v) is 4.68. The molecule has 0 bridgehead atoms. The van der Waals surface area contributed by atoms with Crippen molar-refractivity contribution in [2.45, 2.75) is 18.8 Å². The molecule has 11 heteroatoms. The standard InChI is InChI=1S/C28H21F4N3O4/c29-19-2-1-14(8-21(19)31)25-16-7-15(12-33)23(34)10-17(16)27(35-26(25)13-3-5-38-6-4-13)39-24-11-20(30)18(28(36)37)9-22(24)32/h1-2,7-13,33H,3-6,34H2,(H,36,37). The summed E-state index contributed by atoms with van der Waals surface area (Å²) in [6.45, 7) is 0.837. The van der Waals surface area contributed by atoms with E-state index in [4.69, 9.17) is 25.7 Å². The number of nitrogen functional groups attached to an aromatic ring is 1. The summed E-state index contributed by atoms with van der Waals surface area (Å²) in [6.07, 6.45) is 2.10. The number of aromatic nitrogens is 1. The van der Waals surface area contributed by atoms with Crippen molar-refractivity contribution in [3.05, 3.63) is 82.6 Å². The van der Waals surface area contributed by atoms with Crippen molar-refractivity contribution in [2.75, 3.05) is 18.9 Å².